The molecule has 0 spiro atoms. The van der Waals surface area contributed by atoms with Crippen molar-refractivity contribution in [1.29, 1.82) is 0 Å². The second kappa shape index (κ2) is 5.17. The molecule has 0 bridgehead atoms. The quantitative estimate of drug-likeness (QED) is 0.827. The Balaban J connectivity index is 2.10. The van der Waals surface area contributed by atoms with Gasteiger partial charge < -0.3 is 0 Å². The van der Waals surface area contributed by atoms with Crippen LogP contribution in [0.1, 0.15) is 41.0 Å². The first-order chi connectivity index (χ1) is 8.58. The van der Waals surface area contributed by atoms with Crippen molar-refractivity contribution in [3.63, 3.8) is 0 Å². The number of carbonyl (C=O) groups excluding carboxylic acids is 1. The van der Waals surface area contributed by atoms with Gasteiger partial charge in [-0.25, -0.2) is 4.68 Å². The zero-order valence-electron chi connectivity index (χ0n) is 11.1. The van der Waals surface area contributed by atoms with Gasteiger partial charge in [-0.05, 0) is 31.4 Å². The van der Waals surface area contributed by atoms with E-state index >= 15 is 0 Å². The van der Waals surface area contributed by atoms with Crippen LogP contribution in [0.3, 0.4) is 0 Å². The Morgan fingerprint density at radius 1 is 1.28 bits per heavy atom. The first-order valence-electron chi connectivity index (χ1n) is 6.19. The second-order valence-electron chi connectivity index (χ2n) is 4.75. The van der Waals surface area contributed by atoms with Gasteiger partial charge in [0.25, 0.3) is 0 Å². The largest absolute Gasteiger partial charge is 0.273 e. The molecule has 1 aromatic carbocycles. The monoisotopic (exact) mass is 242 g/mol. The summed E-state index contributed by atoms with van der Waals surface area (Å²) in [6.45, 7) is 5.88. The minimum absolute atomic E-state index is 0.0527. The summed E-state index contributed by atoms with van der Waals surface area (Å²) in [5.41, 5.74) is 2.97. The van der Waals surface area contributed by atoms with Crippen molar-refractivity contribution in [2.75, 3.05) is 0 Å². The van der Waals surface area contributed by atoms with Crippen molar-refractivity contribution in [2.45, 2.75) is 33.1 Å². The molecule has 0 saturated heterocycles. The summed E-state index contributed by atoms with van der Waals surface area (Å²) in [6.07, 6.45) is 0.478. The van der Waals surface area contributed by atoms with E-state index in [-0.39, 0.29) is 11.8 Å². The highest BCUT2D eigenvalue weighted by molar-refractivity contribution is 5.79. The number of benzene rings is 1. The molecule has 2 rings (SSSR count). The van der Waals surface area contributed by atoms with E-state index in [1.165, 1.54) is 10.2 Å². The summed E-state index contributed by atoms with van der Waals surface area (Å²) in [5, 5.41) is 4.22. The summed E-state index contributed by atoms with van der Waals surface area (Å²) in [6, 6.07) is 12.0. The van der Waals surface area contributed by atoms with E-state index in [1.807, 2.05) is 38.1 Å². The lowest BCUT2D eigenvalue weighted by Gasteiger charge is -2.11. The molecule has 94 valence electrons. The van der Waals surface area contributed by atoms with Crippen molar-refractivity contribution in [2.24, 2.45) is 0 Å². The topological polar surface area (TPSA) is 34.9 Å². The van der Waals surface area contributed by atoms with Crippen molar-refractivity contribution >= 4 is 5.91 Å². The van der Waals surface area contributed by atoms with Gasteiger partial charge in [0.2, 0.25) is 5.91 Å². The van der Waals surface area contributed by atoms with Gasteiger partial charge in [0.1, 0.15) is 0 Å². The van der Waals surface area contributed by atoms with Gasteiger partial charge in [0.15, 0.2) is 0 Å². The zero-order chi connectivity index (χ0) is 13.1. The maximum atomic E-state index is 12.2. The lowest BCUT2D eigenvalue weighted by molar-refractivity contribution is 0.0876. The first-order valence-corrected chi connectivity index (χ1v) is 6.19. The van der Waals surface area contributed by atoms with Crippen LogP contribution in [0.5, 0.6) is 0 Å². The molecular formula is C15H18N2O. The molecule has 0 aliphatic rings. The van der Waals surface area contributed by atoms with Crippen LogP contribution < -0.4 is 0 Å². The highest BCUT2D eigenvalue weighted by Crippen LogP contribution is 2.19. The third kappa shape index (κ3) is 2.67. The Labute approximate surface area is 107 Å². The van der Waals surface area contributed by atoms with E-state index in [9.17, 15) is 4.79 Å². The molecule has 0 saturated carbocycles. The van der Waals surface area contributed by atoms with E-state index in [0.29, 0.717) is 6.42 Å². The molecule has 0 N–H and O–H groups in total. The average molecular weight is 242 g/mol. The van der Waals surface area contributed by atoms with Gasteiger partial charge in [0.05, 0.1) is 5.69 Å². The SMILES string of the molecule is Cc1cc(C)n(C(=O)C[C@H](C)c2ccccc2)n1. The number of nitrogens with zero attached hydrogens (tertiary/aromatic N) is 2. The second-order valence-corrected chi connectivity index (χ2v) is 4.75. The van der Waals surface area contributed by atoms with Crippen LogP contribution in [0, 0.1) is 13.8 Å². The van der Waals surface area contributed by atoms with Crippen molar-refractivity contribution in [1.82, 2.24) is 9.78 Å². The summed E-state index contributed by atoms with van der Waals surface area (Å²) >= 11 is 0. The van der Waals surface area contributed by atoms with Crippen LogP contribution in [0.15, 0.2) is 36.4 Å². The van der Waals surface area contributed by atoms with Crippen LogP contribution in [0.4, 0.5) is 0 Å². The number of aromatic nitrogens is 2. The molecule has 0 unspecified atom stereocenters. The van der Waals surface area contributed by atoms with Gasteiger partial charge in [-0.2, -0.15) is 5.10 Å². The number of hydrogen-bond acceptors (Lipinski definition) is 2. The molecule has 18 heavy (non-hydrogen) atoms. The normalized spacial score (nSPS) is 12.4. The predicted molar refractivity (Wildman–Crippen MR) is 71.8 cm³/mol. The molecule has 3 heteroatoms. The number of rotatable bonds is 3. The molecule has 0 aliphatic carbocycles. The lowest BCUT2D eigenvalue weighted by Crippen LogP contribution is -2.16. The Bertz CT molecular complexity index is 543. The minimum Gasteiger partial charge on any atom is -0.273 e. The van der Waals surface area contributed by atoms with Gasteiger partial charge in [-0.1, -0.05) is 37.3 Å². The molecule has 0 radical (unpaired) electrons. The zero-order valence-corrected chi connectivity index (χ0v) is 11.1. The van der Waals surface area contributed by atoms with Gasteiger partial charge in [-0.3, -0.25) is 4.79 Å². The van der Waals surface area contributed by atoms with Crippen molar-refractivity contribution < 1.29 is 4.79 Å². The Morgan fingerprint density at radius 3 is 2.50 bits per heavy atom. The van der Waals surface area contributed by atoms with Gasteiger partial charge in [-0.15, -0.1) is 0 Å². The van der Waals surface area contributed by atoms with E-state index in [2.05, 4.69) is 24.2 Å². The summed E-state index contributed by atoms with van der Waals surface area (Å²) in [5.74, 6) is 0.263. The molecule has 1 aromatic heterocycles. The maximum Gasteiger partial charge on any atom is 0.247 e. The van der Waals surface area contributed by atoms with Crippen LogP contribution >= 0.6 is 0 Å². The van der Waals surface area contributed by atoms with Gasteiger partial charge in [0, 0.05) is 12.1 Å². The fraction of sp³-hybridized carbons (Fsp3) is 0.333. The molecule has 0 aliphatic heterocycles. The fourth-order valence-corrected chi connectivity index (χ4v) is 2.13. The highest BCUT2D eigenvalue weighted by Gasteiger charge is 2.15. The highest BCUT2D eigenvalue weighted by atomic mass is 16.2. The Morgan fingerprint density at radius 2 is 1.94 bits per heavy atom. The smallest absolute Gasteiger partial charge is 0.247 e. The standard InChI is InChI=1S/C15H18N2O/c1-11(14-7-5-4-6-8-14)9-15(18)17-13(3)10-12(2)16-17/h4-8,10-11H,9H2,1-3H3/t11-/m0/s1. The maximum absolute atomic E-state index is 12.2. The van der Waals surface area contributed by atoms with Crippen molar-refractivity contribution in [3.8, 4) is 0 Å². The summed E-state index contributed by atoms with van der Waals surface area (Å²) < 4.78 is 1.51. The third-order valence-corrected chi connectivity index (χ3v) is 3.10. The first kappa shape index (κ1) is 12.6. The van der Waals surface area contributed by atoms with Gasteiger partial charge >= 0.3 is 0 Å². The average Bonchev–Trinajstić information content (AvgIpc) is 2.69. The molecule has 2 aromatic rings. The van der Waals surface area contributed by atoms with Crippen molar-refractivity contribution in [3.05, 3.63) is 53.3 Å². The molecule has 0 amide bonds. The Hall–Kier alpha value is -1.90. The number of carbonyl (C=O) groups is 1. The Kier molecular flexibility index (Phi) is 3.60. The van der Waals surface area contributed by atoms with Crippen LogP contribution in [-0.4, -0.2) is 15.7 Å². The van der Waals surface area contributed by atoms with Crippen LogP contribution in [0.2, 0.25) is 0 Å². The number of aryl methyl sites for hydroxylation is 2. The molecule has 3 nitrogen and oxygen atoms in total. The van der Waals surface area contributed by atoms with Crippen LogP contribution in [0.25, 0.3) is 0 Å². The van der Waals surface area contributed by atoms with E-state index in [0.717, 1.165) is 11.4 Å². The van der Waals surface area contributed by atoms with Crippen LogP contribution in [-0.2, 0) is 0 Å². The number of hydrogen-bond donors (Lipinski definition) is 0. The molecular weight excluding hydrogens is 224 g/mol. The summed E-state index contributed by atoms with van der Waals surface area (Å²) in [7, 11) is 0. The van der Waals surface area contributed by atoms with E-state index < -0.39 is 0 Å². The third-order valence-electron chi connectivity index (χ3n) is 3.10. The van der Waals surface area contributed by atoms with E-state index in [1.54, 1.807) is 0 Å². The molecule has 1 heterocycles. The summed E-state index contributed by atoms with van der Waals surface area (Å²) in [4.78, 5) is 12.2. The lowest BCUT2D eigenvalue weighted by atomic mass is 9.98. The molecule has 0 fully saturated rings. The minimum atomic E-state index is 0.0527. The van der Waals surface area contributed by atoms with E-state index in [4.69, 9.17) is 0 Å². The fourth-order valence-electron chi connectivity index (χ4n) is 2.13. The predicted octanol–water partition coefficient (Wildman–Crippen LogP) is 3.33. The molecule has 1 atom stereocenters.